The van der Waals surface area contributed by atoms with Gasteiger partial charge in [0.05, 0.1) is 18.7 Å². The molecule has 0 radical (unpaired) electrons. The van der Waals surface area contributed by atoms with Crippen molar-refractivity contribution in [3.63, 3.8) is 0 Å². The average molecular weight is 1010 g/mol. The van der Waals surface area contributed by atoms with Crippen LogP contribution in [0.3, 0.4) is 0 Å². The maximum atomic E-state index is 14.3. The number of allylic oxidation sites excluding steroid dienone is 4. The molecule has 1 aliphatic carbocycles. The largest absolute Gasteiger partial charge is 0.444 e. The van der Waals surface area contributed by atoms with Crippen LogP contribution in [-0.4, -0.2) is 125 Å². The van der Waals surface area contributed by atoms with Crippen molar-refractivity contribution in [2.75, 3.05) is 67.9 Å². The number of rotatable bonds is 10. The van der Waals surface area contributed by atoms with E-state index in [0.29, 0.717) is 56.6 Å². The fourth-order valence-corrected chi connectivity index (χ4v) is 11.3. The van der Waals surface area contributed by atoms with Gasteiger partial charge in [-0.1, -0.05) is 31.2 Å². The van der Waals surface area contributed by atoms with Crippen LogP contribution in [0, 0.1) is 11.8 Å². The number of hydrogen-bond donors (Lipinski definition) is 4. The molecule has 388 valence electrons. The lowest BCUT2D eigenvalue weighted by Gasteiger charge is -2.38. The molecule has 73 heavy (non-hydrogen) atoms. The Kier molecular flexibility index (Phi) is 14.9. The van der Waals surface area contributed by atoms with E-state index in [2.05, 4.69) is 87.0 Å². The summed E-state index contributed by atoms with van der Waals surface area (Å²) in [6.07, 6.45) is 7.57. The first-order chi connectivity index (χ1) is 34.8. The van der Waals surface area contributed by atoms with Gasteiger partial charge in [-0.25, -0.2) is 14.4 Å². The van der Waals surface area contributed by atoms with E-state index in [9.17, 15) is 32.3 Å². The van der Waals surface area contributed by atoms with Crippen molar-refractivity contribution in [3.8, 4) is 0 Å². The van der Waals surface area contributed by atoms with Gasteiger partial charge in [-0.15, -0.1) is 0 Å². The summed E-state index contributed by atoms with van der Waals surface area (Å²) in [4.78, 5) is 60.6. The van der Waals surface area contributed by atoms with Crippen LogP contribution in [0.5, 0.6) is 0 Å². The molecule has 4 saturated heterocycles. The smallest absolute Gasteiger partial charge is 0.418 e. The van der Waals surface area contributed by atoms with Crippen molar-refractivity contribution >= 4 is 52.8 Å². The predicted octanol–water partition coefficient (Wildman–Crippen LogP) is 8.59. The number of imide groups is 1. The number of benzene rings is 2. The molecule has 5 aliphatic heterocycles. The molecule has 4 N–H and O–H groups in total. The van der Waals surface area contributed by atoms with Crippen molar-refractivity contribution in [2.45, 2.75) is 116 Å². The van der Waals surface area contributed by atoms with Crippen LogP contribution in [0.15, 0.2) is 89.8 Å². The summed E-state index contributed by atoms with van der Waals surface area (Å²) in [5, 5.41) is 11.6. The molecule has 14 nitrogen and oxygen atoms in total. The minimum atomic E-state index is -4.59. The predicted molar refractivity (Wildman–Crippen MR) is 277 cm³/mol. The molecule has 2 aromatic carbocycles. The van der Waals surface area contributed by atoms with Gasteiger partial charge in [0, 0.05) is 83.4 Å². The number of alkyl halides is 3. The van der Waals surface area contributed by atoms with Crippen LogP contribution in [0.1, 0.15) is 113 Å². The third kappa shape index (κ3) is 12.0. The van der Waals surface area contributed by atoms with E-state index in [4.69, 9.17) is 4.74 Å². The zero-order valence-corrected chi connectivity index (χ0v) is 42.8. The monoisotopic (exact) mass is 1000 g/mol. The van der Waals surface area contributed by atoms with Crippen molar-refractivity contribution in [1.82, 2.24) is 25.4 Å². The number of carbonyl (C=O) groups is 4. The Bertz CT molecular complexity index is 2700. The molecule has 4 fully saturated rings. The number of aromatic nitrogens is 1. The summed E-state index contributed by atoms with van der Waals surface area (Å²) in [6, 6.07) is 15.8. The first-order valence-electron chi connectivity index (χ1n) is 26.0. The van der Waals surface area contributed by atoms with Gasteiger partial charge in [0.25, 0.3) is 5.91 Å². The van der Waals surface area contributed by atoms with Gasteiger partial charge in [-0.3, -0.25) is 29.9 Å². The summed E-state index contributed by atoms with van der Waals surface area (Å²) < 4.78 is 50.6. The normalized spacial score (nSPS) is 23.0. The molecule has 3 aromatic rings. The van der Waals surface area contributed by atoms with Gasteiger partial charge in [-0.05, 0) is 145 Å². The average Bonchev–Trinajstić information content (AvgIpc) is 3.69. The van der Waals surface area contributed by atoms with E-state index in [0.717, 1.165) is 56.0 Å². The summed E-state index contributed by atoms with van der Waals surface area (Å²) in [5.74, 6) is 0.485. The zero-order chi connectivity index (χ0) is 51.8. The van der Waals surface area contributed by atoms with Gasteiger partial charge in [-0.2, -0.15) is 13.2 Å². The number of piperidine rings is 3. The number of dihydropyridines is 1. The minimum absolute atomic E-state index is 0.0432. The Hall–Kier alpha value is -6.49. The SMILES string of the molecule is CC1C=C(c2ccc(NC(=O)OC(C)(C)C)nc2)C2=C(N1)C(C)C([C@H](C)N1CCC(c3ccc(C(=O)N4CCC(C=[N+]5CCN(c6ccc(NC7CCC(=O)NC7=O)cc6C(F)(F)F)CC5)CC4)cc3)CC1)=C2. The third-order valence-electron chi connectivity index (χ3n) is 15.3. The van der Waals surface area contributed by atoms with E-state index in [1.807, 2.05) is 56.1 Å². The molecule has 9 rings (SSSR count). The van der Waals surface area contributed by atoms with Crippen molar-refractivity contribution < 1.29 is 41.7 Å². The maximum absolute atomic E-state index is 14.3. The third-order valence-corrected chi connectivity index (χ3v) is 15.3. The zero-order valence-electron chi connectivity index (χ0n) is 42.8. The number of amides is 4. The summed E-state index contributed by atoms with van der Waals surface area (Å²) >= 11 is 0. The second-order valence-corrected chi connectivity index (χ2v) is 21.6. The van der Waals surface area contributed by atoms with Gasteiger partial charge >= 0.3 is 12.3 Å². The Balaban J connectivity index is 0.732. The van der Waals surface area contributed by atoms with E-state index >= 15 is 0 Å². The van der Waals surface area contributed by atoms with Crippen molar-refractivity contribution in [2.24, 2.45) is 11.8 Å². The summed E-state index contributed by atoms with van der Waals surface area (Å²) in [5.41, 5.74) is 6.85. The Morgan fingerprint density at radius 3 is 2.26 bits per heavy atom. The number of piperazine rings is 1. The number of ether oxygens (including phenoxy) is 1. The minimum Gasteiger partial charge on any atom is -0.444 e. The number of anilines is 3. The number of nitrogens with one attached hydrogen (secondary N) is 4. The number of pyridine rings is 1. The lowest BCUT2D eigenvalue weighted by Crippen LogP contribution is -2.47. The first-order valence-corrected chi connectivity index (χ1v) is 26.0. The Morgan fingerprint density at radius 1 is 0.904 bits per heavy atom. The quantitative estimate of drug-likeness (QED) is 0.115. The van der Waals surface area contributed by atoms with Crippen molar-refractivity contribution in [1.29, 1.82) is 0 Å². The Morgan fingerprint density at radius 2 is 1.62 bits per heavy atom. The fourth-order valence-electron chi connectivity index (χ4n) is 11.3. The first kappa shape index (κ1) is 51.4. The molecule has 4 amide bonds. The molecule has 0 saturated carbocycles. The number of carbonyl (C=O) groups excluding carboxylic acids is 4. The molecule has 4 atom stereocenters. The molecule has 3 unspecified atom stereocenters. The van der Waals surface area contributed by atoms with E-state index in [1.54, 1.807) is 11.0 Å². The lowest BCUT2D eigenvalue weighted by atomic mass is 9.87. The standard InChI is InChI=1S/C56H68F3N9O5/c1-34-29-44(41-11-15-49(60-32-41)63-54(72)73-55(4,5)6)45-31-43(35(2)51(45)61-34)36(3)66-23-19-39(20-24-66)38-7-9-40(10-8-38)53(71)68-21-17-37(18-22-68)33-65-25-27-67(28-26-65)48-14-12-42(30-46(48)56(57,58)59)62-47-13-16-50(69)64-52(47)70/h7-12,14-15,29-37,39,47,61-62H,13,16-28H2,1-6H3,(H-,60,63,64,69,70,72)/p+1/t34?,35?,36-,47?/m0/s1. The number of nitrogens with zero attached hydrogens (tertiary/aromatic N) is 5. The van der Waals surface area contributed by atoms with E-state index < -0.39 is 35.4 Å². The molecule has 0 bridgehead atoms. The maximum Gasteiger partial charge on any atom is 0.418 e. The second kappa shape index (κ2) is 21.2. The number of hydrogen-bond acceptors (Lipinski definition) is 10. The highest BCUT2D eigenvalue weighted by Crippen LogP contribution is 2.44. The fraction of sp³-hybridized carbons (Fsp3) is 0.500. The highest BCUT2D eigenvalue weighted by molar-refractivity contribution is 6.01. The highest BCUT2D eigenvalue weighted by Gasteiger charge is 2.39. The Labute approximate surface area is 426 Å². The van der Waals surface area contributed by atoms with Crippen LogP contribution in [0.25, 0.3) is 5.57 Å². The molecule has 1 aromatic heterocycles. The van der Waals surface area contributed by atoms with Gasteiger partial charge in [0.2, 0.25) is 11.8 Å². The molecule has 0 spiro atoms. The molecular weight excluding hydrogens is 936 g/mol. The van der Waals surface area contributed by atoms with Crippen LogP contribution in [0.4, 0.5) is 35.2 Å². The molecular formula is C56H69F3N9O5+. The van der Waals surface area contributed by atoms with Gasteiger partial charge < -0.3 is 25.2 Å². The number of likely N-dealkylation sites (tertiary alicyclic amines) is 2. The van der Waals surface area contributed by atoms with Crippen molar-refractivity contribution in [3.05, 3.63) is 112 Å². The number of halogens is 3. The topological polar surface area (TPSA) is 151 Å². The summed E-state index contributed by atoms with van der Waals surface area (Å²) in [7, 11) is 0. The second-order valence-electron chi connectivity index (χ2n) is 21.6. The lowest BCUT2D eigenvalue weighted by molar-refractivity contribution is -0.527. The molecule has 6 heterocycles. The van der Waals surface area contributed by atoms with Gasteiger partial charge in [0.15, 0.2) is 13.1 Å². The highest BCUT2D eigenvalue weighted by atomic mass is 19.4. The van der Waals surface area contributed by atoms with Crippen LogP contribution < -0.4 is 26.2 Å². The molecule has 6 aliphatic rings. The summed E-state index contributed by atoms with van der Waals surface area (Å²) in [6.45, 7) is 17.5. The van der Waals surface area contributed by atoms with E-state index in [-0.39, 0.29) is 60.0 Å². The van der Waals surface area contributed by atoms with Crippen LogP contribution >= 0.6 is 0 Å². The molecule has 17 heteroatoms. The van der Waals surface area contributed by atoms with Gasteiger partial charge in [0.1, 0.15) is 23.7 Å². The van der Waals surface area contributed by atoms with E-state index in [1.165, 1.54) is 28.5 Å². The van der Waals surface area contributed by atoms with Crippen LogP contribution in [-0.2, 0) is 20.5 Å². The van der Waals surface area contributed by atoms with Crippen LogP contribution in [0.2, 0.25) is 0 Å².